The van der Waals surface area contributed by atoms with Gasteiger partial charge in [0.15, 0.2) is 11.9 Å². The lowest BCUT2D eigenvalue weighted by Crippen LogP contribution is -2.38. The van der Waals surface area contributed by atoms with E-state index >= 15 is 4.39 Å². The number of para-hydroxylation sites is 1. The molecule has 0 bridgehead atoms. The number of benzene rings is 1. The Morgan fingerprint density at radius 1 is 1.27 bits per heavy atom. The first-order valence-corrected chi connectivity index (χ1v) is 15.0. The number of alkyl halides is 2. The van der Waals surface area contributed by atoms with Gasteiger partial charge < -0.3 is 30.6 Å². The van der Waals surface area contributed by atoms with E-state index in [1.165, 1.54) is 30.5 Å². The van der Waals surface area contributed by atoms with Crippen molar-refractivity contribution in [3.8, 4) is 5.75 Å². The zero-order valence-electron chi connectivity index (χ0n) is 22.7. The fourth-order valence-corrected chi connectivity index (χ4v) is 6.74. The standard InChI is InChI=1S/C26H32ClFN5O7P/c1-14(16(3)35)13-41(37,40-20-7-5-4-6-17(20)9-8-15(2)34)38-12-21-22(36)26(27,28)23(39-21)18-10-11-19-24(29)31-25(30)32-33(18)19/h4-7,10-11,14,21-23,36H,8-9,12-13H2,1-3H3,(H4,29,30,31,32)/t14-,21-,22?,23+,26-,41?/m1/s1. The van der Waals surface area contributed by atoms with Crippen LogP contribution in [-0.4, -0.2) is 61.4 Å². The highest BCUT2D eigenvalue weighted by molar-refractivity contribution is 7.54. The van der Waals surface area contributed by atoms with Gasteiger partial charge in [-0.3, -0.25) is 9.32 Å². The maximum atomic E-state index is 15.7. The Morgan fingerprint density at radius 2 is 1.98 bits per heavy atom. The zero-order valence-corrected chi connectivity index (χ0v) is 24.3. The zero-order chi connectivity index (χ0) is 30.1. The predicted octanol–water partition coefficient (Wildman–Crippen LogP) is 3.63. The topological polar surface area (TPSA) is 181 Å². The van der Waals surface area contributed by atoms with Gasteiger partial charge in [0.25, 0.3) is 0 Å². The monoisotopic (exact) mass is 611 g/mol. The predicted molar refractivity (Wildman–Crippen MR) is 149 cm³/mol. The molecule has 15 heteroatoms. The smallest absolute Gasteiger partial charge is 0.380 e. The highest BCUT2D eigenvalue weighted by Crippen LogP contribution is 2.53. The van der Waals surface area contributed by atoms with Crippen LogP contribution in [0.25, 0.3) is 5.52 Å². The van der Waals surface area contributed by atoms with Crippen LogP contribution in [0.5, 0.6) is 5.75 Å². The fraction of sp³-hybridized carbons (Fsp3) is 0.462. The third kappa shape index (κ3) is 6.70. The lowest BCUT2D eigenvalue weighted by Gasteiger charge is -2.25. The van der Waals surface area contributed by atoms with E-state index in [0.29, 0.717) is 17.5 Å². The van der Waals surface area contributed by atoms with Gasteiger partial charge in [0.05, 0.1) is 18.5 Å². The highest BCUT2D eigenvalue weighted by Gasteiger charge is 2.58. The van der Waals surface area contributed by atoms with Crippen LogP contribution in [-0.2, 0) is 29.8 Å². The number of nitrogens with two attached hydrogens (primary N) is 2. The molecular weight excluding hydrogens is 580 g/mol. The summed E-state index contributed by atoms with van der Waals surface area (Å²) in [5.41, 5.74) is 12.6. The summed E-state index contributed by atoms with van der Waals surface area (Å²) >= 11 is 6.15. The van der Waals surface area contributed by atoms with Gasteiger partial charge in [-0.05, 0) is 44.0 Å². The van der Waals surface area contributed by atoms with Gasteiger partial charge in [0.2, 0.25) is 11.1 Å². The molecule has 0 radical (unpaired) electrons. The van der Waals surface area contributed by atoms with Gasteiger partial charge in [-0.25, -0.2) is 13.5 Å². The van der Waals surface area contributed by atoms with E-state index in [1.807, 2.05) is 0 Å². The molecule has 0 saturated carbocycles. The first-order chi connectivity index (χ1) is 19.2. The summed E-state index contributed by atoms with van der Waals surface area (Å²) in [6, 6.07) is 9.68. The van der Waals surface area contributed by atoms with E-state index in [-0.39, 0.29) is 47.4 Å². The van der Waals surface area contributed by atoms with Crippen molar-refractivity contribution in [2.45, 2.75) is 57.1 Å². The van der Waals surface area contributed by atoms with Crippen molar-refractivity contribution in [1.29, 1.82) is 0 Å². The number of fused-ring (bicyclic) bond motifs is 1. The maximum Gasteiger partial charge on any atom is 0.380 e. The Kier molecular flexibility index (Phi) is 9.05. The van der Waals surface area contributed by atoms with E-state index in [2.05, 4.69) is 10.1 Å². The summed E-state index contributed by atoms with van der Waals surface area (Å²) in [5.74, 6) is -0.902. The van der Waals surface area contributed by atoms with Crippen LogP contribution in [0.15, 0.2) is 36.4 Å². The third-order valence-electron chi connectivity index (χ3n) is 6.84. The minimum Gasteiger partial charge on any atom is -0.424 e. The Labute approximate surface area is 240 Å². The largest absolute Gasteiger partial charge is 0.424 e. The van der Waals surface area contributed by atoms with E-state index in [1.54, 1.807) is 31.2 Å². The summed E-state index contributed by atoms with van der Waals surface area (Å²) in [5, 5.41) is 12.0. The molecule has 2 unspecified atom stereocenters. The normalized spacial score (nSPS) is 24.7. The molecule has 3 heterocycles. The van der Waals surface area contributed by atoms with Crippen molar-refractivity contribution in [2.24, 2.45) is 5.92 Å². The number of aliphatic hydroxyl groups is 1. The lowest BCUT2D eigenvalue weighted by molar-refractivity contribution is -0.120. The third-order valence-corrected chi connectivity index (χ3v) is 9.28. The van der Waals surface area contributed by atoms with E-state index < -0.39 is 43.6 Å². The number of ketones is 2. The molecular formula is C26H32ClFN5O7P. The van der Waals surface area contributed by atoms with Crippen LogP contribution in [0.4, 0.5) is 16.2 Å². The van der Waals surface area contributed by atoms with Gasteiger partial charge >= 0.3 is 7.60 Å². The number of ether oxygens (including phenoxy) is 1. The number of anilines is 2. The van der Waals surface area contributed by atoms with E-state index in [9.17, 15) is 19.3 Å². The number of halogens is 2. The number of nitrogen functional groups attached to an aromatic ring is 2. The van der Waals surface area contributed by atoms with Crippen LogP contribution < -0.4 is 16.0 Å². The molecule has 3 aromatic rings. The van der Waals surface area contributed by atoms with Crippen molar-refractivity contribution in [2.75, 3.05) is 24.2 Å². The SMILES string of the molecule is CC(=O)CCc1ccccc1OP(=O)(C[C@@H](C)C(C)=O)OC[C@H]1O[C@@H](c2ccc3c(N)nc(N)nn23)[C@@](F)(Cl)C1O. The van der Waals surface area contributed by atoms with Crippen LogP contribution in [0.3, 0.4) is 0 Å². The molecule has 0 spiro atoms. The molecule has 4 rings (SSSR count). The molecule has 1 aliphatic rings. The van der Waals surface area contributed by atoms with Gasteiger partial charge in [-0.15, -0.1) is 5.10 Å². The molecule has 222 valence electrons. The number of hydrogen-bond donors (Lipinski definition) is 3. The molecule has 2 aromatic heterocycles. The average Bonchev–Trinajstić information content (AvgIpc) is 3.40. The molecule has 1 fully saturated rings. The number of aliphatic hydroxyl groups excluding tert-OH is 1. The fourth-order valence-electron chi connectivity index (χ4n) is 4.42. The first kappa shape index (κ1) is 30.9. The van der Waals surface area contributed by atoms with Gasteiger partial charge in [0.1, 0.15) is 35.0 Å². The van der Waals surface area contributed by atoms with Crippen molar-refractivity contribution in [3.63, 3.8) is 0 Å². The van der Waals surface area contributed by atoms with Crippen LogP contribution in [0, 0.1) is 5.92 Å². The van der Waals surface area contributed by atoms with Crippen LogP contribution in [0.2, 0.25) is 0 Å². The average molecular weight is 612 g/mol. The molecule has 6 atom stereocenters. The van der Waals surface area contributed by atoms with Gasteiger partial charge in [-0.2, -0.15) is 4.98 Å². The number of rotatable bonds is 12. The van der Waals surface area contributed by atoms with Crippen LogP contribution in [0.1, 0.15) is 44.6 Å². The number of aromatic nitrogens is 3. The second-order valence-electron chi connectivity index (χ2n) is 10.1. The molecule has 0 aliphatic carbocycles. The molecule has 12 nitrogen and oxygen atoms in total. The second kappa shape index (κ2) is 12.0. The molecule has 5 N–H and O–H groups in total. The second-order valence-corrected chi connectivity index (χ2v) is 12.7. The van der Waals surface area contributed by atoms with Crippen molar-refractivity contribution < 1.29 is 37.4 Å². The van der Waals surface area contributed by atoms with Crippen molar-refractivity contribution in [3.05, 3.63) is 47.7 Å². The number of carbonyl (C=O) groups is 2. The van der Waals surface area contributed by atoms with Crippen LogP contribution >= 0.6 is 19.2 Å². The minimum atomic E-state index is -4.10. The van der Waals surface area contributed by atoms with E-state index in [0.717, 1.165) is 0 Å². The number of hydrogen-bond acceptors (Lipinski definition) is 11. The van der Waals surface area contributed by atoms with Gasteiger partial charge in [-0.1, -0.05) is 36.7 Å². The Balaban J connectivity index is 1.58. The van der Waals surface area contributed by atoms with Gasteiger partial charge in [0, 0.05) is 12.3 Å². The Hall–Kier alpha value is -3.09. The molecule has 1 aromatic carbocycles. The first-order valence-electron chi connectivity index (χ1n) is 12.8. The van der Waals surface area contributed by atoms with Crippen molar-refractivity contribution >= 4 is 48.0 Å². The maximum absolute atomic E-state index is 15.7. The number of nitrogens with zero attached hydrogens (tertiary/aromatic N) is 3. The van der Waals surface area contributed by atoms with E-state index in [4.69, 9.17) is 36.9 Å². The summed E-state index contributed by atoms with van der Waals surface area (Å²) in [7, 11) is -4.10. The summed E-state index contributed by atoms with van der Waals surface area (Å²) in [6.07, 6.45) is -4.58. The Bertz CT molecular complexity index is 1500. The van der Waals surface area contributed by atoms with Crippen molar-refractivity contribution in [1.82, 2.24) is 14.6 Å². The molecule has 1 saturated heterocycles. The number of carbonyl (C=O) groups excluding carboxylic acids is 2. The molecule has 1 aliphatic heterocycles. The minimum absolute atomic E-state index is 0.0326. The summed E-state index contributed by atoms with van der Waals surface area (Å²) in [4.78, 5) is 27.4. The number of Topliss-reactive ketones (excluding diaryl/α,β-unsaturated/α-hetero) is 2. The Morgan fingerprint density at radius 3 is 2.66 bits per heavy atom. The lowest BCUT2D eigenvalue weighted by atomic mass is 10.1. The summed E-state index contributed by atoms with van der Waals surface area (Å²) < 4.78 is 48.3. The molecule has 0 amide bonds. The molecule has 41 heavy (non-hydrogen) atoms. The number of aryl methyl sites for hydroxylation is 1. The highest BCUT2D eigenvalue weighted by atomic mass is 35.5. The quantitative estimate of drug-likeness (QED) is 0.201. The summed E-state index contributed by atoms with van der Waals surface area (Å²) in [6.45, 7) is 3.79.